The molecule has 0 aliphatic carbocycles. The van der Waals surface area contributed by atoms with Gasteiger partial charge in [-0.3, -0.25) is 15.1 Å². The van der Waals surface area contributed by atoms with Crippen molar-refractivity contribution >= 4 is 15.5 Å². The van der Waals surface area contributed by atoms with Crippen molar-refractivity contribution in [2.45, 2.75) is 9.79 Å². The number of non-ortho nitro benzene ring substituents is 1. The first-order chi connectivity index (χ1) is 8.51. The van der Waals surface area contributed by atoms with Gasteiger partial charge in [-0.1, -0.05) is 0 Å². The first-order valence-electron chi connectivity index (χ1n) is 4.91. The quantitative estimate of drug-likeness (QED) is 0.623. The summed E-state index contributed by atoms with van der Waals surface area (Å²) in [4.78, 5) is 13.8. The SMILES string of the molecule is O=[N+]([O-])c1ccc(S(=O)(=O)c2ccncc2)cc1. The molecule has 6 nitrogen and oxygen atoms in total. The second-order valence-electron chi connectivity index (χ2n) is 3.44. The van der Waals surface area contributed by atoms with E-state index in [0.29, 0.717) is 0 Å². The molecule has 2 rings (SSSR count). The molecule has 92 valence electrons. The number of sulfone groups is 1. The lowest BCUT2D eigenvalue weighted by Gasteiger charge is -2.03. The molecule has 18 heavy (non-hydrogen) atoms. The molecular weight excluding hydrogens is 256 g/mol. The van der Waals surface area contributed by atoms with Crippen molar-refractivity contribution in [2.75, 3.05) is 0 Å². The van der Waals surface area contributed by atoms with E-state index in [4.69, 9.17) is 0 Å². The highest BCUT2D eigenvalue weighted by Gasteiger charge is 2.18. The average Bonchev–Trinajstić information content (AvgIpc) is 2.40. The molecule has 1 aromatic heterocycles. The minimum atomic E-state index is -3.64. The van der Waals surface area contributed by atoms with Gasteiger partial charge in [0.1, 0.15) is 0 Å². The van der Waals surface area contributed by atoms with Crippen LogP contribution in [0, 0.1) is 10.1 Å². The topological polar surface area (TPSA) is 90.2 Å². The van der Waals surface area contributed by atoms with E-state index in [1.165, 1.54) is 36.7 Å². The van der Waals surface area contributed by atoms with Crippen molar-refractivity contribution in [1.29, 1.82) is 0 Å². The van der Waals surface area contributed by atoms with E-state index < -0.39 is 14.8 Å². The molecule has 0 saturated heterocycles. The van der Waals surface area contributed by atoms with Crippen LogP contribution in [-0.4, -0.2) is 18.3 Å². The summed E-state index contributed by atoms with van der Waals surface area (Å²) < 4.78 is 24.2. The van der Waals surface area contributed by atoms with Gasteiger partial charge in [0.05, 0.1) is 14.7 Å². The van der Waals surface area contributed by atoms with Gasteiger partial charge in [-0.15, -0.1) is 0 Å². The van der Waals surface area contributed by atoms with Gasteiger partial charge >= 0.3 is 0 Å². The first-order valence-corrected chi connectivity index (χ1v) is 6.40. The fraction of sp³-hybridized carbons (Fsp3) is 0. The van der Waals surface area contributed by atoms with E-state index in [2.05, 4.69) is 4.98 Å². The molecule has 0 saturated carbocycles. The first kappa shape index (κ1) is 12.2. The molecule has 0 unspecified atom stereocenters. The molecule has 2 aromatic rings. The highest BCUT2D eigenvalue weighted by molar-refractivity contribution is 7.91. The molecule has 1 aromatic carbocycles. The summed E-state index contributed by atoms with van der Waals surface area (Å²) in [7, 11) is -3.64. The lowest BCUT2D eigenvalue weighted by Crippen LogP contribution is -2.02. The maximum absolute atomic E-state index is 12.1. The standard InChI is InChI=1S/C11H8N2O4S/c14-13(15)9-1-3-10(4-2-9)18(16,17)11-5-7-12-8-6-11/h1-8H. The zero-order valence-corrected chi connectivity index (χ0v) is 9.87. The predicted molar refractivity (Wildman–Crippen MR) is 62.8 cm³/mol. The highest BCUT2D eigenvalue weighted by atomic mass is 32.2. The van der Waals surface area contributed by atoms with Gasteiger partial charge < -0.3 is 0 Å². The smallest absolute Gasteiger partial charge is 0.265 e. The molecule has 0 radical (unpaired) electrons. The van der Waals surface area contributed by atoms with Crippen molar-refractivity contribution in [1.82, 2.24) is 4.98 Å². The Balaban J connectivity index is 2.46. The molecule has 0 spiro atoms. The number of hydrogen-bond donors (Lipinski definition) is 0. The lowest BCUT2D eigenvalue weighted by molar-refractivity contribution is -0.384. The monoisotopic (exact) mass is 264 g/mol. The van der Waals surface area contributed by atoms with Gasteiger partial charge in [-0.05, 0) is 24.3 Å². The Morgan fingerprint density at radius 3 is 1.94 bits per heavy atom. The van der Waals surface area contributed by atoms with Crippen molar-refractivity contribution in [3.05, 3.63) is 58.9 Å². The third-order valence-electron chi connectivity index (χ3n) is 2.32. The molecule has 0 N–H and O–H groups in total. The summed E-state index contributed by atoms with van der Waals surface area (Å²) in [5.74, 6) is 0. The van der Waals surface area contributed by atoms with Crippen LogP contribution in [0.15, 0.2) is 58.6 Å². The van der Waals surface area contributed by atoms with Gasteiger partial charge in [0.25, 0.3) is 5.69 Å². The Morgan fingerprint density at radius 1 is 0.944 bits per heavy atom. The number of benzene rings is 1. The lowest BCUT2D eigenvalue weighted by atomic mass is 10.3. The Hall–Kier alpha value is -2.28. The number of nitrogens with zero attached hydrogens (tertiary/aromatic N) is 2. The largest absolute Gasteiger partial charge is 0.269 e. The molecule has 0 fully saturated rings. The number of nitro benzene ring substituents is 1. The van der Waals surface area contributed by atoms with E-state index in [9.17, 15) is 18.5 Å². The van der Waals surface area contributed by atoms with E-state index in [0.717, 1.165) is 12.1 Å². The predicted octanol–water partition coefficient (Wildman–Crippen LogP) is 1.82. The van der Waals surface area contributed by atoms with Gasteiger partial charge in [0.2, 0.25) is 9.84 Å². The van der Waals surface area contributed by atoms with Crippen LogP contribution in [0.4, 0.5) is 5.69 Å². The molecule has 0 aliphatic heterocycles. The second kappa shape index (κ2) is 4.53. The minimum absolute atomic E-state index is 0.0132. The average molecular weight is 264 g/mol. The molecule has 0 bridgehead atoms. The molecule has 1 heterocycles. The van der Waals surface area contributed by atoms with Crippen molar-refractivity contribution in [3.63, 3.8) is 0 Å². The van der Waals surface area contributed by atoms with Crippen LogP contribution in [0.1, 0.15) is 0 Å². The van der Waals surface area contributed by atoms with Crippen LogP contribution in [0.5, 0.6) is 0 Å². The molecule has 7 heteroatoms. The van der Waals surface area contributed by atoms with E-state index in [1.54, 1.807) is 0 Å². The van der Waals surface area contributed by atoms with Gasteiger partial charge in [0, 0.05) is 24.5 Å². The van der Waals surface area contributed by atoms with Crippen LogP contribution in [-0.2, 0) is 9.84 Å². The van der Waals surface area contributed by atoms with E-state index in [1.807, 2.05) is 0 Å². The summed E-state index contributed by atoms with van der Waals surface area (Å²) >= 11 is 0. The Morgan fingerprint density at radius 2 is 1.44 bits per heavy atom. The maximum Gasteiger partial charge on any atom is 0.269 e. The van der Waals surface area contributed by atoms with Gasteiger partial charge in [-0.25, -0.2) is 8.42 Å². The van der Waals surface area contributed by atoms with Crippen molar-refractivity contribution in [2.24, 2.45) is 0 Å². The van der Waals surface area contributed by atoms with Crippen LogP contribution in [0.2, 0.25) is 0 Å². The number of pyridine rings is 1. The minimum Gasteiger partial charge on any atom is -0.265 e. The van der Waals surface area contributed by atoms with Crippen LogP contribution >= 0.6 is 0 Å². The van der Waals surface area contributed by atoms with Gasteiger partial charge in [-0.2, -0.15) is 0 Å². The number of nitro groups is 1. The number of aromatic nitrogens is 1. The second-order valence-corrected chi connectivity index (χ2v) is 5.39. The summed E-state index contributed by atoms with van der Waals surface area (Å²) in [6.45, 7) is 0. The third kappa shape index (κ3) is 2.21. The maximum atomic E-state index is 12.1. The summed E-state index contributed by atoms with van der Waals surface area (Å²) in [5, 5.41) is 10.5. The normalized spacial score (nSPS) is 11.1. The fourth-order valence-corrected chi connectivity index (χ4v) is 2.65. The highest BCUT2D eigenvalue weighted by Crippen LogP contribution is 2.22. The Bertz CT molecular complexity index is 666. The zero-order chi connectivity index (χ0) is 13.2. The molecular formula is C11H8N2O4S. The molecule has 0 aliphatic rings. The fourth-order valence-electron chi connectivity index (χ4n) is 1.40. The van der Waals surface area contributed by atoms with Gasteiger partial charge in [0.15, 0.2) is 0 Å². The number of hydrogen-bond acceptors (Lipinski definition) is 5. The Labute approximate surface area is 103 Å². The number of rotatable bonds is 3. The summed E-state index contributed by atoms with van der Waals surface area (Å²) in [6, 6.07) is 7.50. The summed E-state index contributed by atoms with van der Waals surface area (Å²) in [5.41, 5.74) is -0.149. The van der Waals surface area contributed by atoms with Crippen LogP contribution in [0.25, 0.3) is 0 Å². The Kier molecular flexibility index (Phi) is 3.07. The summed E-state index contributed by atoms with van der Waals surface area (Å²) in [6.07, 6.45) is 2.75. The van der Waals surface area contributed by atoms with Crippen molar-refractivity contribution < 1.29 is 13.3 Å². The van der Waals surface area contributed by atoms with E-state index >= 15 is 0 Å². The van der Waals surface area contributed by atoms with Crippen LogP contribution < -0.4 is 0 Å². The zero-order valence-electron chi connectivity index (χ0n) is 9.05. The van der Waals surface area contributed by atoms with E-state index in [-0.39, 0.29) is 15.5 Å². The third-order valence-corrected chi connectivity index (χ3v) is 4.10. The molecule has 0 amide bonds. The van der Waals surface area contributed by atoms with Crippen LogP contribution in [0.3, 0.4) is 0 Å². The van der Waals surface area contributed by atoms with Crippen molar-refractivity contribution in [3.8, 4) is 0 Å². The molecule has 0 atom stereocenters.